The zero-order chi connectivity index (χ0) is 18.9. The van der Waals surface area contributed by atoms with E-state index < -0.39 is 0 Å². The van der Waals surface area contributed by atoms with Crippen LogP contribution in [0.2, 0.25) is 0 Å². The fourth-order valence-corrected chi connectivity index (χ4v) is 3.77. The van der Waals surface area contributed by atoms with E-state index in [9.17, 15) is 0 Å². The van der Waals surface area contributed by atoms with Crippen molar-refractivity contribution in [2.24, 2.45) is 10.9 Å². The Bertz CT molecular complexity index is 582. The van der Waals surface area contributed by atoms with Gasteiger partial charge in [-0.1, -0.05) is 31.2 Å². The maximum absolute atomic E-state index is 6.00. The first kappa shape index (κ1) is 20.2. The van der Waals surface area contributed by atoms with Crippen molar-refractivity contribution in [2.75, 3.05) is 32.8 Å². The lowest BCUT2D eigenvalue weighted by atomic mass is 10.0. The summed E-state index contributed by atoms with van der Waals surface area (Å²) in [6.07, 6.45) is 4.95. The minimum atomic E-state index is 0.345. The van der Waals surface area contributed by atoms with E-state index in [-0.39, 0.29) is 0 Å². The smallest absolute Gasteiger partial charge is 0.194 e. The van der Waals surface area contributed by atoms with Gasteiger partial charge in [-0.2, -0.15) is 0 Å². The summed E-state index contributed by atoms with van der Waals surface area (Å²) in [6, 6.07) is 8.68. The third kappa shape index (κ3) is 6.51. The van der Waals surface area contributed by atoms with Crippen molar-refractivity contribution in [1.29, 1.82) is 0 Å². The summed E-state index contributed by atoms with van der Waals surface area (Å²) < 4.78 is 11.4. The third-order valence-corrected chi connectivity index (χ3v) is 5.38. The molecule has 0 spiro atoms. The van der Waals surface area contributed by atoms with Gasteiger partial charge in [-0.3, -0.25) is 0 Å². The second kappa shape index (κ2) is 10.7. The highest BCUT2D eigenvalue weighted by atomic mass is 16.5. The van der Waals surface area contributed by atoms with Gasteiger partial charge in [0.25, 0.3) is 0 Å². The normalized spacial score (nSPS) is 22.1. The number of ether oxygens (including phenoxy) is 2. The van der Waals surface area contributed by atoms with Gasteiger partial charge in [0.05, 0.1) is 19.3 Å². The first-order chi connectivity index (χ1) is 13.2. The molecule has 2 aliphatic rings. The van der Waals surface area contributed by atoms with Crippen molar-refractivity contribution in [3.05, 3.63) is 35.4 Å². The van der Waals surface area contributed by atoms with Crippen LogP contribution in [0.5, 0.6) is 0 Å². The molecular weight excluding hydrogens is 338 g/mol. The molecule has 1 aromatic rings. The second-order valence-corrected chi connectivity index (χ2v) is 7.80. The van der Waals surface area contributed by atoms with E-state index in [1.165, 1.54) is 24.0 Å². The molecule has 2 aliphatic heterocycles. The Morgan fingerprint density at radius 1 is 1.19 bits per heavy atom. The highest BCUT2D eigenvalue weighted by Crippen LogP contribution is 2.16. The zero-order valence-electron chi connectivity index (χ0n) is 17.0. The molecule has 0 saturated carbocycles. The SMILES string of the molecule is CCNC(=NCc1ccc(COC2CCOCC2)cc1)N1CCCC(C)C1. The molecule has 0 amide bonds. The molecule has 150 valence electrons. The number of benzene rings is 1. The first-order valence-electron chi connectivity index (χ1n) is 10.5. The first-order valence-corrected chi connectivity index (χ1v) is 10.5. The van der Waals surface area contributed by atoms with Crippen molar-refractivity contribution in [2.45, 2.75) is 58.8 Å². The molecule has 1 unspecified atom stereocenters. The summed E-state index contributed by atoms with van der Waals surface area (Å²) in [4.78, 5) is 7.29. The van der Waals surface area contributed by atoms with Crippen molar-refractivity contribution >= 4 is 5.96 Å². The third-order valence-electron chi connectivity index (χ3n) is 5.38. The van der Waals surface area contributed by atoms with E-state index in [1.807, 2.05) is 0 Å². The monoisotopic (exact) mass is 373 g/mol. The minimum absolute atomic E-state index is 0.345. The van der Waals surface area contributed by atoms with Gasteiger partial charge in [-0.15, -0.1) is 0 Å². The molecule has 2 saturated heterocycles. The number of nitrogens with zero attached hydrogens (tertiary/aromatic N) is 2. The van der Waals surface area contributed by atoms with E-state index in [0.717, 1.165) is 57.6 Å². The fraction of sp³-hybridized carbons (Fsp3) is 0.682. The Morgan fingerprint density at radius 3 is 2.63 bits per heavy atom. The van der Waals surface area contributed by atoms with E-state index >= 15 is 0 Å². The number of hydrogen-bond donors (Lipinski definition) is 1. The quantitative estimate of drug-likeness (QED) is 0.612. The Labute approximate surface area is 164 Å². The average molecular weight is 374 g/mol. The van der Waals surface area contributed by atoms with Gasteiger partial charge in [0.15, 0.2) is 5.96 Å². The molecule has 3 rings (SSSR count). The standard InChI is InChI=1S/C22H35N3O2/c1-3-23-22(25-12-4-5-18(2)16-25)24-15-19-6-8-20(9-7-19)17-27-21-10-13-26-14-11-21/h6-9,18,21H,3-5,10-17H2,1-2H3,(H,23,24). The Hall–Kier alpha value is -1.59. The molecule has 0 bridgehead atoms. The molecule has 0 aromatic heterocycles. The molecule has 0 radical (unpaired) electrons. The van der Waals surface area contributed by atoms with Gasteiger partial charge >= 0.3 is 0 Å². The lowest BCUT2D eigenvalue weighted by Gasteiger charge is -2.33. The molecule has 5 heteroatoms. The number of hydrogen-bond acceptors (Lipinski definition) is 3. The molecule has 1 atom stereocenters. The topological polar surface area (TPSA) is 46.1 Å². The Morgan fingerprint density at radius 2 is 1.93 bits per heavy atom. The summed E-state index contributed by atoms with van der Waals surface area (Å²) in [5.74, 6) is 1.80. The zero-order valence-corrected chi connectivity index (χ0v) is 17.0. The van der Waals surface area contributed by atoms with Crippen molar-refractivity contribution in [1.82, 2.24) is 10.2 Å². The van der Waals surface area contributed by atoms with Gasteiger partial charge in [0.1, 0.15) is 0 Å². The predicted octanol–water partition coefficient (Wildman–Crippen LogP) is 3.58. The van der Waals surface area contributed by atoms with Crippen molar-refractivity contribution in [3.8, 4) is 0 Å². The molecule has 1 N–H and O–H groups in total. The van der Waals surface area contributed by atoms with Crippen LogP contribution in [0, 0.1) is 5.92 Å². The van der Waals surface area contributed by atoms with Gasteiger partial charge in [0.2, 0.25) is 0 Å². The summed E-state index contributed by atoms with van der Waals surface area (Å²) in [6.45, 7) is 10.6. The minimum Gasteiger partial charge on any atom is -0.381 e. The van der Waals surface area contributed by atoms with Gasteiger partial charge in [0, 0.05) is 32.8 Å². The summed E-state index contributed by atoms with van der Waals surface area (Å²) in [5.41, 5.74) is 2.47. The lowest BCUT2D eigenvalue weighted by Crippen LogP contribution is -2.46. The van der Waals surface area contributed by atoms with Crippen LogP contribution in [-0.4, -0.2) is 49.8 Å². The van der Waals surface area contributed by atoms with Gasteiger partial charge in [-0.05, 0) is 49.7 Å². The number of rotatable bonds is 6. The molecule has 27 heavy (non-hydrogen) atoms. The van der Waals surface area contributed by atoms with E-state index in [1.54, 1.807) is 0 Å². The fourth-order valence-electron chi connectivity index (χ4n) is 3.77. The van der Waals surface area contributed by atoms with Crippen LogP contribution in [0.3, 0.4) is 0 Å². The van der Waals surface area contributed by atoms with Crippen LogP contribution in [0.1, 0.15) is 50.7 Å². The summed E-state index contributed by atoms with van der Waals surface area (Å²) >= 11 is 0. The predicted molar refractivity (Wildman–Crippen MR) is 110 cm³/mol. The number of likely N-dealkylation sites (tertiary alicyclic amines) is 1. The molecular formula is C22H35N3O2. The van der Waals surface area contributed by atoms with Crippen molar-refractivity contribution in [3.63, 3.8) is 0 Å². The Kier molecular flexibility index (Phi) is 7.96. The maximum Gasteiger partial charge on any atom is 0.194 e. The molecule has 2 heterocycles. The van der Waals surface area contributed by atoms with Gasteiger partial charge in [-0.25, -0.2) is 4.99 Å². The van der Waals surface area contributed by atoms with Crippen molar-refractivity contribution < 1.29 is 9.47 Å². The van der Waals surface area contributed by atoms with E-state index in [4.69, 9.17) is 14.5 Å². The van der Waals surface area contributed by atoms with Crippen LogP contribution < -0.4 is 5.32 Å². The largest absolute Gasteiger partial charge is 0.381 e. The van der Waals surface area contributed by atoms with Crippen LogP contribution in [0.25, 0.3) is 0 Å². The summed E-state index contributed by atoms with van der Waals surface area (Å²) in [5, 5.41) is 3.46. The Balaban J connectivity index is 1.51. The number of nitrogens with one attached hydrogen (secondary N) is 1. The van der Waals surface area contributed by atoms with Crippen LogP contribution >= 0.6 is 0 Å². The number of piperidine rings is 1. The van der Waals surface area contributed by atoms with Gasteiger partial charge < -0.3 is 19.7 Å². The molecule has 1 aromatic carbocycles. The highest BCUT2D eigenvalue weighted by molar-refractivity contribution is 5.80. The molecule has 0 aliphatic carbocycles. The molecule has 5 nitrogen and oxygen atoms in total. The van der Waals surface area contributed by atoms with Crippen LogP contribution in [-0.2, 0) is 22.6 Å². The highest BCUT2D eigenvalue weighted by Gasteiger charge is 2.19. The lowest BCUT2D eigenvalue weighted by molar-refractivity contribution is -0.0390. The van der Waals surface area contributed by atoms with E-state index in [2.05, 4.69) is 48.3 Å². The number of aliphatic imine (C=N–C) groups is 1. The van der Waals surface area contributed by atoms with E-state index in [0.29, 0.717) is 19.3 Å². The second-order valence-electron chi connectivity index (χ2n) is 7.80. The summed E-state index contributed by atoms with van der Waals surface area (Å²) in [7, 11) is 0. The number of guanidine groups is 1. The average Bonchev–Trinajstić information content (AvgIpc) is 2.71. The maximum atomic E-state index is 6.00. The van der Waals surface area contributed by atoms with Crippen LogP contribution in [0.15, 0.2) is 29.3 Å². The molecule has 2 fully saturated rings. The van der Waals surface area contributed by atoms with Crippen LogP contribution in [0.4, 0.5) is 0 Å².